The number of amides is 1. The summed E-state index contributed by atoms with van der Waals surface area (Å²) < 4.78 is 0. The number of hydrogen-bond donors (Lipinski definition) is 2. The second-order valence-corrected chi connectivity index (χ2v) is 7.14. The smallest absolute Gasteiger partial charge is 0.223 e. The van der Waals surface area contributed by atoms with Crippen molar-refractivity contribution in [3.8, 4) is 0 Å². The molecule has 4 atom stereocenters. The fourth-order valence-electron chi connectivity index (χ4n) is 3.72. The van der Waals surface area contributed by atoms with Crippen LogP contribution < -0.4 is 5.32 Å². The van der Waals surface area contributed by atoms with Gasteiger partial charge in [-0.2, -0.15) is 0 Å². The van der Waals surface area contributed by atoms with Gasteiger partial charge in [-0.1, -0.05) is 6.92 Å². The van der Waals surface area contributed by atoms with E-state index in [1.165, 1.54) is 12.8 Å². The highest BCUT2D eigenvalue weighted by Crippen LogP contribution is 2.26. The van der Waals surface area contributed by atoms with Crippen LogP contribution in [0.2, 0.25) is 0 Å². The molecule has 5 nitrogen and oxygen atoms in total. The van der Waals surface area contributed by atoms with Crippen molar-refractivity contribution < 1.29 is 9.90 Å². The van der Waals surface area contributed by atoms with Crippen molar-refractivity contribution in [2.45, 2.75) is 44.8 Å². The summed E-state index contributed by atoms with van der Waals surface area (Å²) in [6.45, 7) is 5.69. The van der Waals surface area contributed by atoms with Crippen molar-refractivity contribution in [2.75, 3.05) is 40.3 Å². The molecule has 0 aliphatic carbocycles. The van der Waals surface area contributed by atoms with Crippen LogP contribution in [0.4, 0.5) is 0 Å². The average Bonchev–Trinajstić information content (AvgIpc) is 2.79. The van der Waals surface area contributed by atoms with E-state index in [1.54, 1.807) is 0 Å². The van der Waals surface area contributed by atoms with Crippen molar-refractivity contribution in [1.82, 2.24) is 15.1 Å². The lowest BCUT2D eigenvalue weighted by molar-refractivity contribution is -0.133. The molecule has 2 N–H and O–H groups in total. The molecular weight excluding hydrogens is 266 g/mol. The molecule has 2 heterocycles. The fraction of sp³-hybridized carbons (Fsp3) is 0.938. The number of carbonyl (C=O) groups is 1. The van der Waals surface area contributed by atoms with E-state index in [0.29, 0.717) is 31.2 Å². The number of aliphatic hydroxyl groups excluding tert-OH is 1. The zero-order valence-corrected chi connectivity index (χ0v) is 13.7. The molecule has 0 aromatic carbocycles. The van der Waals surface area contributed by atoms with Gasteiger partial charge in [0.05, 0.1) is 6.10 Å². The Morgan fingerprint density at radius 3 is 2.86 bits per heavy atom. The third-order valence-electron chi connectivity index (χ3n) is 4.92. The standard InChI is InChI=1S/C16H31N3O2/c1-12(13-5-4-6-17-9-13)7-16(21)19-11-15(20)8-14(19)10-18(2)3/h12-15,17,20H,4-11H2,1-3H3. The molecule has 21 heavy (non-hydrogen) atoms. The Kier molecular flexibility index (Phi) is 6.02. The lowest BCUT2D eigenvalue weighted by atomic mass is 9.85. The molecule has 0 aromatic heterocycles. The molecular formula is C16H31N3O2. The van der Waals surface area contributed by atoms with Crippen molar-refractivity contribution in [1.29, 1.82) is 0 Å². The second kappa shape index (κ2) is 7.56. The number of likely N-dealkylation sites (N-methyl/N-ethyl adjacent to an activating group) is 1. The minimum Gasteiger partial charge on any atom is -0.391 e. The van der Waals surface area contributed by atoms with E-state index in [9.17, 15) is 9.90 Å². The maximum atomic E-state index is 12.6. The van der Waals surface area contributed by atoms with Crippen LogP contribution in [0.15, 0.2) is 0 Å². The summed E-state index contributed by atoms with van der Waals surface area (Å²) in [6, 6.07) is 0.166. The van der Waals surface area contributed by atoms with Crippen LogP contribution in [0.5, 0.6) is 0 Å². The molecule has 2 rings (SSSR count). The quantitative estimate of drug-likeness (QED) is 0.777. The monoisotopic (exact) mass is 297 g/mol. The van der Waals surface area contributed by atoms with Crippen LogP contribution in [0, 0.1) is 11.8 Å². The summed E-state index contributed by atoms with van der Waals surface area (Å²) in [4.78, 5) is 16.6. The van der Waals surface area contributed by atoms with Gasteiger partial charge in [-0.25, -0.2) is 0 Å². The summed E-state index contributed by atoms with van der Waals surface area (Å²) in [5, 5.41) is 13.3. The SMILES string of the molecule is CC(CC(=O)N1CC(O)CC1CN(C)C)C1CCCNC1. The topological polar surface area (TPSA) is 55.8 Å². The summed E-state index contributed by atoms with van der Waals surface area (Å²) in [7, 11) is 4.04. The molecule has 0 spiro atoms. The van der Waals surface area contributed by atoms with Crippen molar-refractivity contribution in [3.63, 3.8) is 0 Å². The molecule has 2 aliphatic rings. The average molecular weight is 297 g/mol. The number of β-amino-alcohol motifs (C(OH)–C–C–N with tert-alkyl or cyclic N) is 1. The van der Waals surface area contributed by atoms with Gasteiger partial charge >= 0.3 is 0 Å². The Balaban J connectivity index is 1.88. The number of hydrogen-bond acceptors (Lipinski definition) is 4. The van der Waals surface area contributed by atoms with Gasteiger partial charge in [0.2, 0.25) is 5.91 Å². The minimum absolute atomic E-state index is 0.166. The Morgan fingerprint density at radius 1 is 1.48 bits per heavy atom. The Bertz CT molecular complexity index is 342. The minimum atomic E-state index is -0.356. The fourth-order valence-corrected chi connectivity index (χ4v) is 3.72. The molecule has 0 saturated carbocycles. The predicted octanol–water partition coefficient (Wildman–Crippen LogP) is 0.536. The van der Waals surface area contributed by atoms with Gasteiger partial charge in [0.1, 0.15) is 0 Å². The lowest BCUT2D eigenvalue weighted by Gasteiger charge is -2.31. The van der Waals surface area contributed by atoms with Gasteiger partial charge in [-0.15, -0.1) is 0 Å². The Labute approximate surface area is 128 Å². The summed E-state index contributed by atoms with van der Waals surface area (Å²) >= 11 is 0. The van der Waals surface area contributed by atoms with Gasteiger partial charge in [0, 0.05) is 25.6 Å². The third kappa shape index (κ3) is 4.66. The highest BCUT2D eigenvalue weighted by molar-refractivity contribution is 5.77. The maximum absolute atomic E-state index is 12.6. The number of likely N-dealkylation sites (tertiary alicyclic amines) is 1. The van der Waals surface area contributed by atoms with E-state index in [0.717, 1.165) is 19.6 Å². The maximum Gasteiger partial charge on any atom is 0.223 e. The molecule has 0 aromatic rings. The van der Waals surface area contributed by atoms with Crippen LogP contribution in [0.3, 0.4) is 0 Å². The largest absolute Gasteiger partial charge is 0.391 e. The van der Waals surface area contributed by atoms with E-state index in [-0.39, 0.29) is 18.1 Å². The molecule has 4 unspecified atom stereocenters. The number of nitrogens with zero attached hydrogens (tertiary/aromatic N) is 2. The molecule has 0 bridgehead atoms. The zero-order chi connectivity index (χ0) is 15.4. The van der Waals surface area contributed by atoms with E-state index in [1.807, 2.05) is 19.0 Å². The Morgan fingerprint density at radius 2 is 2.24 bits per heavy atom. The molecule has 122 valence electrons. The van der Waals surface area contributed by atoms with E-state index >= 15 is 0 Å². The molecule has 2 fully saturated rings. The lowest BCUT2D eigenvalue weighted by Crippen LogP contribution is -2.43. The highest BCUT2D eigenvalue weighted by Gasteiger charge is 2.35. The van der Waals surface area contributed by atoms with Gasteiger partial charge in [-0.05, 0) is 58.3 Å². The molecule has 0 radical (unpaired) electrons. The normalized spacial score (nSPS) is 31.7. The number of carbonyl (C=O) groups excluding carboxylic acids is 1. The van der Waals surface area contributed by atoms with Crippen molar-refractivity contribution in [3.05, 3.63) is 0 Å². The van der Waals surface area contributed by atoms with Crippen molar-refractivity contribution in [2.24, 2.45) is 11.8 Å². The molecule has 2 saturated heterocycles. The predicted molar refractivity (Wildman–Crippen MR) is 84.1 cm³/mol. The first-order valence-electron chi connectivity index (χ1n) is 8.30. The first kappa shape index (κ1) is 16.7. The number of rotatable bonds is 5. The molecule has 5 heteroatoms. The van der Waals surface area contributed by atoms with Gasteiger partial charge in [0.25, 0.3) is 0 Å². The van der Waals surface area contributed by atoms with Crippen molar-refractivity contribution >= 4 is 5.91 Å². The number of nitrogens with one attached hydrogen (secondary N) is 1. The van der Waals surface area contributed by atoms with E-state index in [2.05, 4.69) is 17.1 Å². The van der Waals surface area contributed by atoms with E-state index < -0.39 is 0 Å². The summed E-state index contributed by atoms with van der Waals surface area (Å²) in [5.41, 5.74) is 0. The van der Waals surface area contributed by atoms with Gasteiger partial charge in [-0.3, -0.25) is 4.79 Å². The van der Waals surface area contributed by atoms with Crippen LogP contribution in [-0.4, -0.2) is 73.2 Å². The van der Waals surface area contributed by atoms with Crippen LogP contribution >= 0.6 is 0 Å². The van der Waals surface area contributed by atoms with Crippen LogP contribution in [0.25, 0.3) is 0 Å². The second-order valence-electron chi connectivity index (χ2n) is 7.14. The highest BCUT2D eigenvalue weighted by atomic mass is 16.3. The zero-order valence-electron chi connectivity index (χ0n) is 13.7. The number of aliphatic hydroxyl groups is 1. The summed E-state index contributed by atoms with van der Waals surface area (Å²) in [6.07, 6.45) is 3.41. The van der Waals surface area contributed by atoms with E-state index in [4.69, 9.17) is 0 Å². The first-order chi connectivity index (χ1) is 9.97. The van der Waals surface area contributed by atoms with Crippen LogP contribution in [0.1, 0.15) is 32.6 Å². The van der Waals surface area contributed by atoms with Gasteiger partial charge in [0.15, 0.2) is 0 Å². The summed E-state index contributed by atoms with van der Waals surface area (Å²) in [5.74, 6) is 1.25. The van der Waals surface area contributed by atoms with Gasteiger partial charge < -0.3 is 20.2 Å². The first-order valence-corrected chi connectivity index (χ1v) is 8.30. The number of piperidine rings is 1. The van der Waals surface area contributed by atoms with Crippen LogP contribution in [-0.2, 0) is 4.79 Å². The third-order valence-corrected chi connectivity index (χ3v) is 4.92. The Hall–Kier alpha value is -0.650. The molecule has 2 aliphatic heterocycles. The molecule has 1 amide bonds.